The largest absolute Gasteiger partial charge is 0.481 e. The second-order valence-corrected chi connectivity index (χ2v) is 6.24. The number of hydrogen-bond acceptors (Lipinski definition) is 4. The number of carbonyl (C=O) groups is 1. The Morgan fingerprint density at radius 2 is 2.24 bits per heavy atom. The molecule has 0 aliphatic carbocycles. The first-order chi connectivity index (χ1) is 8.11. The van der Waals surface area contributed by atoms with Gasteiger partial charge < -0.3 is 10.4 Å². The van der Waals surface area contributed by atoms with Crippen molar-refractivity contribution in [2.75, 3.05) is 12.0 Å². The van der Waals surface area contributed by atoms with Crippen LogP contribution in [0.25, 0.3) is 0 Å². The maximum atomic E-state index is 10.6. The highest BCUT2D eigenvalue weighted by Gasteiger charge is 2.06. The van der Waals surface area contributed by atoms with Crippen LogP contribution in [-0.4, -0.2) is 29.1 Å². The van der Waals surface area contributed by atoms with Crippen LogP contribution in [0, 0.1) is 0 Å². The van der Waals surface area contributed by atoms with Crippen molar-refractivity contribution in [3.63, 3.8) is 0 Å². The van der Waals surface area contributed by atoms with Crippen LogP contribution in [0.2, 0.25) is 0 Å². The highest BCUT2D eigenvalue weighted by Crippen LogP contribution is 2.17. The van der Waals surface area contributed by atoms with Crippen LogP contribution in [0.15, 0.2) is 12.1 Å². The van der Waals surface area contributed by atoms with Gasteiger partial charge in [0.05, 0.1) is 6.42 Å². The molecular weight excluding hydrogens is 254 g/mol. The molecule has 0 aliphatic rings. The smallest absolute Gasteiger partial charge is 0.308 e. The third-order valence-electron chi connectivity index (χ3n) is 2.42. The van der Waals surface area contributed by atoms with E-state index in [1.54, 1.807) is 11.3 Å². The zero-order valence-corrected chi connectivity index (χ0v) is 11.9. The van der Waals surface area contributed by atoms with Gasteiger partial charge in [-0.25, -0.2) is 0 Å². The summed E-state index contributed by atoms with van der Waals surface area (Å²) in [6.45, 7) is 3.02. The Hall–Kier alpha value is -0.520. The third kappa shape index (κ3) is 6.10. The molecule has 3 nitrogen and oxygen atoms in total. The van der Waals surface area contributed by atoms with Crippen molar-refractivity contribution in [1.29, 1.82) is 0 Å². The number of aliphatic carboxylic acids is 1. The molecule has 1 heterocycles. The van der Waals surface area contributed by atoms with Crippen molar-refractivity contribution in [3.8, 4) is 0 Å². The van der Waals surface area contributed by atoms with E-state index in [4.69, 9.17) is 5.11 Å². The Morgan fingerprint density at radius 1 is 1.53 bits per heavy atom. The molecule has 0 fully saturated rings. The molecule has 1 aromatic rings. The lowest BCUT2D eigenvalue weighted by molar-refractivity contribution is -0.136. The monoisotopic (exact) mass is 273 g/mol. The molecule has 1 aromatic heterocycles. The molecule has 1 unspecified atom stereocenters. The average molecular weight is 273 g/mol. The van der Waals surface area contributed by atoms with Gasteiger partial charge in [0.1, 0.15) is 0 Å². The molecule has 0 radical (unpaired) electrons. The number of carboxylic acids is 1. The van der Waals surface area contributed by atoms with Crippen molar-refractivity contribution < 1.29 is 9.90 Å². The highest BCUT2D eigenvalue weighted by atomic mass is 32.2. The number of thiophene rings is 1. The van der Waals surface area contributed by atoms with Crippen LogP contribution in [0.4, 0.5) is 0 Å². The zero-order chi connectivity index (χ0) is 12.7. The van der Waals surface area contributed by atoms with Gasteiger partial charge >= 0.3 is 5.97 Å². The predicted molar refractivity (Wildman–Crippen MR) is 75.0 cm³/mol. The number of rotatable bonds is 8. The second-order valence-electron chi connectivity index (χ2n) is 4.00. The minimum absolute atomic E-state index is 0.132. The van der Waals surface area contributed by atoms with E-state index in [1.807, 2.05) is 23.9 Å². The molecule has 0 saturated heterocycles. The van der Waals surface area contributed by atoms with Crippen LogP contribution in [0.1, 0.15) is 23.1 Å². The van der Waals surface area contributed by atoms with E-state index in [0.717, 1.165) is 17.8 Å². The molecule has 17 heavy (non-hydrogen) atoms. The summed E-state index contributed by atoms with van der Waals surface area (Å²) in [6.07, 6.45) is 3.41. The molecule has 0 spiro atoms. The summed E-state index contributed by atoms with van der Waals surface area (Å²) in [5.41, 5.74) is 0. The minimum atomic E-state index is -0.764. The molecular formula is C12H19NO2S2. The number of thioether (sulfide) groups is 1. The molecule has 1 rings (SSSR count). The number of nitrogens with one attached hydrogen (secondary N) is 1. The van der Waals surface area contributed by atoms with E-state index in [2.05, 4.69) is 18.5 Å². The predicted octanol–water partition coefficient (Wildman–Crippen LogP) is 2.61. The lowest BCUT2D eigenvalue weighted by atomic mass is 10.2. The van der Waals surface area contributed by atoms with Gasteiger partial charge in [0, 0.05) is 22.3 Å². The fourth-order valence-corrected chi connectivity index (χ4v) is 2.98. The molecule has 0 bridgehead atoms. The third-order valence-corrected chi connectivity index (χ3v) is 4.15. The summed E-state index contributed by atoms with van der Waals surface area (Å²) in [5.74, 6) is 0.405. The molecule has 0 aliphatic heterocycles. The average Bonchev–Trinajstić information content (AvgIpc) is 2.70. The normalized spacial score (nSPS) is 12.6. The Morgan fingerprint density at radius 3 is 2.88 bits per heavy atom. The molecule has 1 atom stereocenters. The van der Waals surface area contributed by atoms with Crippen LogP contribution < -0.4 is 5.32 Å². The number of carboxylic acid groups (broad SMARTS) is 1. The maximum Gasteiger partial charge on any atom is 0.308 e. The van der Waals surface area contributed by atoms with E-state index >= 15 is 0 Å². The van der Waals surface area contributed by atoms with E-state index in [0.29, 0.717) is 6.04 Å². The van der Waals surface area contributed by atoms with Crippen LogP contribution in [-0.2, 0) is 17.8 Å². The summed E-state index contributed by atoms with van der Waals surface area (Å²) in [6, 6.07) is 4.42. The Balaban J connectivity index is 2.31. The van der Waals surface area contributed by atoms with Crippen molar-refractivity contribution in [2.24, 2.45) is 0 Å². The van der Waals surface area contributed by atoms with E-state index in [1.165, 1.54) is 10.6 Å². The summed E-state index contributed by atoms with van der Waals surface area (Å²) in [5, 5.41) is 12.1. The van der Waals surface area contributed by atoms with Gasteiger partial charge in [-0.15, -0.1) is 11.3 Å². The van der Waals surface area contributed by atoms with Gasteiger partial charge in [-0.3, -0.25) is 4.79 Å². The van der Waals surface area contributed by atoms with E-state index in [-0.39, 0.29) is 6.42 Å². The first-order valence-electron chi connectivity index (χ1n) is 5.63. The molecule has 0 amide bonds. The zero-order valence-electron chi connectivity index (χ0n) is 10.2. The summed E-state index contributed by atoms with van der Waals surface area (Å²) in [4.78, 5) is 12.7. The Kier molecular flexibility index (Phi) is 6.62. The fraction of sp³-hybridized carbons (Fsp3) is 0.583. The molecule has 2 N–H and O–H groups in total. The van der Waals surface area contributed by atoms with Crippen molar-refractivity contribution in [1.82, 2.24) is 5.32 Å². The summed E-state index contributed by atoms with van der Waals surface area (Å²) < 4.78 is 0. The Labute approximate surface area is 111 Å². The van der Waals surface area contributed by atoms with E-state index in [9.17, 15) is 4.79 Å². The lowest BCUT2D eigenvalue weighted by Gasteiger charge is -2.11. The van der Waals surface area contributed by atoms with Crippen molar-refractivity contribution in [2.45, 2.75) is 32.4 Å². The molecule has 0 aromatic carbocycles. The van der Waals surface area contributed by atoms with Gasteiger partial charge in [-0.1, -0.05) is 0 Å². The van der Waals surface area contributed by atoms with Gasteiger partial charge in [-0.05, 0) is 37.5 Å². The topological polar surface area (TPSA) is 49.3 Å². The van der Waals surface area contributed by atoms with Gasteiger partial charge in [0.25, 0.3) is 0 Å². The standard InChI is InChI=1S/C12H19NO2S2/c1-9(5-6-16-2)13-8-11-4-3-10(17-11)7-12(14)15/h3-4,9,13H,5-8H2,1-2H3,(H,14,15). The Bertz CT molecular complexity index is 352. The molecule has 5 heteroatoms. The first kappa shape index (κ1) is 14.5. The van der Waals surface area contributed by atoms with Crippen molar-refractivity contribution >= 4 is 29.1 Å². The molecule has 96 valence electrons. The van der Waals surface area contributed by atoms with Gasteiger partial charge in [0.15, 0.2) is 0 Å². The fourth-order valence-electron chi connectivity index (χ4n) is 1.43. The quantitative estimate of drug-likeness (QED) is 0.764. The van der Waals surface area contributed by atoms with Gasteiger partial charge in [-0.2, -0.15) is 11.8 Å². The SMILES string of the molecule is CSCCC(C)NCc1ccc(CC(=O)O)s1. The highest BCUT2D eigenvalue weighted by molar-refractivity contribution is 7.98. The van der Waals surface area contributed by atoms with Crippen LogP contribution in [0.3, 0.4) is 0 Å². The number of hydrogen-bond donors (Lipinski definition) is 2. The van der Waals surface area contributed by atoms with Gasteiger partial charge in [0.2, 0.25) is 0 Å². The summed E-state index contributed by atoms with van der Waals surface area (Å²) in [7, 11) is 0. The second kappa shape index (κ2) is 7.74. The lowest BCUT2D eigenvalue weighted by Crippen LogP contribution is -2.25. The van der Waals surface area contributed by atoms with Crippen LogP contribution >= 0.6 is 23.1 Å². The molecule has 0 saturated carbocycles. The first-order valence-corrected chi connectivity index (χ1v) is 7.84. The maximum absolute atomic E-state index is 10.6. The van der Waals surface area contributed by atoms with Crippen molar-refractivity contribution in [3.05, 3.63) is 21.9 Å². The summed E-state index contributed by atoms with van der Waals surface area (Å²) >= 11 is 3.44. The van der Waals surface area contributed by atoms with E-state index < -0.39 is 5.97 Å². The van der Waals surface area contributed by atoms with Crippen LogP contribution in [0.5, 0.6) is 0 Å². The minimum Gasteiger partial charge on any atom is -0.481 e.